The molecule has 0 saturated heterocycles. The molecule has 25 heavy (non-hydrogen) atoms. The molecule has 3 nitrogen and oxygen atoms in total. The zero-order chi connectivity index (χ0) is 18.1. The Morgan fingerprint density at radius 3 is 1.64 bits per heavy atom. The smallest absolute Gasteiger partial charge is 0.206 e. The van der Waals surface area contributed by atoms with Crippen molar-refractivity contribution in [2.45, 2.75) is 29.1 Å². The van der Waals surface area contributed by atoms with E-state index >= 15 is 0 Å². The fourth-order valence-electron chi connectivity index (χ4n) is 2.83. The molecule has 0 radical (unpaired) electrons. The van der Waals surface area contributed by atoms with E-state index in [9.17, 15) is 13.5 Å². The first kappa shape index (κ1) is 17.2. The number of rotatable bonds is 4. The van der Waals surface area contributed by atoms with Crippen LogP contribution in [-0.2, 0) is 15.3 Å². The molecule has 0 aromatic heterocycles. The summed E-state index contributed by atoms with van der Waals surface area (Å²) in [6.07, 6.45) is 0. The van der Waals surface area contributed by atoms with Crippen LogP contribution in [0, 0.1) is 0 Å². The van der Waals surface area contributed by atoms with Crippen molar-refractivity contribution in [3.63, 3.8) is 0 Å². The van der Waals surface area contributed by atoms with Gasteiger partial charge in [0.1, 0.15) is 5.75 Å². The fourth-order valence-corrected chi connectivity index (χ4v) is 4.11. The minimum absolute atomic E-state index is 0.226. The van der Waals surface area contributed by atoms with E-state index < -0.39 is 9.84 Å². The Morgan fingerprint density at radius 2 is 1.12 bits per heavy atom. The van der Waals surface area contributed by atoms with Crippen molar-refractivity contribution in [1.82, 2.24) is 0 Å². The van der Waals surface area contributed by atoms with Crippen LogP contribution in [0.5, 0.6) is 5.75 Å². The van der Waals surface area contributed by atoms with Crippen LogP contribution in [0.4, 0.5) is 0 Å². The number of phenols is 1. The van der Waals surface area contributed by atoms with Gasteiger partial charge in [0, 0.05) is 5.41 Å². The van der Waals surface area contributed by atoms with Gasteiger partial charge in [-0.1, -0.05) is 56.3 Å². The van der Waals surface area contributed by atoms with Crippen LogP contribution in [0.15, 0.2) is 88.7 Å². The van der Waals surface area contributed by atoms with Gasteiger partial charge in [0.25, 0.3) is 0 Å². The average Bonchev–Trinajstić information content (AvgIpc) is 2.63. The van der Waals surface area contributed by atoms with Crippen molar-refractivity contribution in [2.24, 2.45) is 0 Å². The Bertz CT molecular complexity index is 956. The molecule has 0 bridgehead atoms. The molecule has 0 unspecified atom stereocenters. The van der Waals surface area contributed by atoms with Gasteiger partial charge in [-0.15, -0.1) is 0 Å². The maximum absolute atomic E-state index is 12.7. The fraction of sp³-hybridized carbons (Fsp3) is 0.143. The van der Waals surface area contributed by atoms with Crippen LogP contribution < -0.4 is 0 Å². The quantitative estimate of drug-likeness (QED) is 0.749. The lowest BCUT2D eigenvalue weighted by molar-refractivity contribution is 0.474. The Labute approximate surface area is 148 Å². The Balaban J connectivity index is 1.96. The van der Waals surface area contributed by atoms with Gasteiger partial charge in [-0.05, 0) is 47.5 Å². The van der Waals surface area contributed by atoms with Gasteiger partial charge in [-0.25, -0.2) is 8.42 Å². The van der Waals surface area contributed by atoms with Crippen LogP contribution in [0.2, 0.25) is 0 Å². The highest BCUT2D eigenvalue weighted by molar-refractivity contribution is 7.91. The number of benzene rings is 3. The summed E-state index contributed by atoms with van der Waals surface area (Å²) in [5.74, 6) is 0.226. The average molecular weight is 352 g/mol. The predicted molar refractivity (Wildman–Crippen MR) is 98.6 cm³/mol. The molecule has 128 valence electrons. The van der Waals surface area contributed by atoms with Gasteiger partial charge in [0.15, 0.2) is 0 Å². The van der Waals surface area contributed by atoms with Crippen molar-refractivity contribution < 1.29 is 13.5 Å². The van der Waals surface area contributed by atoms with Gasteiger partial charge in [0.2, 0.25) is 9.84 Å². The van der Waals surface area contributed by atoms with Crippen LogP contribution in [-0.4, -0.2) is 13.5 Å². The minimum atomic E-state index is -3.50. The molecule has 0 aliphatic rings. The lowest BCUT2D eigenvalue weighted by atomic mass is 9.78. The Hall–Kier alpha value is -2.59. The molecule has 4 heteroatoms. The zero-order valence-corrected chi connectivity index (χ0v) is 15.0. The third kappa shape index (κ3) is 3.30. The van der Waals surface area contributed by atoms with Crippen molar-refractivity contribution in [2.75, 3.05) is 0 Å². The second-order valence-corrected chi connectivity index (χ2v) is 8.46. The number of sulfone groups is 1. The maximum Gasteiger partial charge on any atom is 0.206 e. The normalized spacial score (nSPS) is 12.1. The third-order valence-electron chi connectivity index (χ3n) is 4.53. The van der Waals surface area contributed by atoms with Crippen molar-refractivity contribution in [1.29, 1.82) is 0 Å². The minimum Gasteiger partial charge on any atom is -0.508 e. The summed E-state index contributed by atoms with van der Waals surface area (Å²) >= 11 is 0. The molecule has 1 N–H and O–H groups in total. The van der Waals surface area contributed by atoms with Crippen molar-refractivity contribution in [3.8, 4) is 5.75 Å². The number of aromatic hydroxyl groups is 1. The monoisotopic (exact) mass is 352 g/mol. The van der Waals surface area contributed by atoms with Crippen molar-refractivity contribution >= 4 is 9.84 Å². The molecule has 0 heterocycles. The lowest BCUT2D eigenvalue weighted by Gasteiger charge is -2.26. The van der Waals surface area contributed by atoms with Gasteiger partial charge in [-0.2, -0.15) is 0 Å². The standard InChI is InChI=1S/C21H20O3S/c1-21(2,16-8-12-18(22)13-9-16)17-10-14-20(15-11-17)25(23,24)19-6-4-3-5-7-19/h3-15,22H,1-2H3. The molecule has 0 aliphatic carbocycles. The predicted octanol–water partition coefficient (Wildman–Crippen LogP) is 4.55. The maximum atomic E-state index is 12.7. The summed E-state index contributed by atoms with van der Waals surface area (Å²) in [4.78, 5) is 0.574. The first-order chi connectivity index (χ1) is 11.8. The number of hydrogen-bond donors (Lipinski definition) is 1. The molecule has 0 atom stereocenters. The first-order valence-electron chi connectivity index (χ1n) is 8.02. The van der Waals surface area contributed by atoms with E-state index in [1.807, 2.05) is 24.3 Å². The van der Waals surface area contributed by atoms with E-state index in [0.29, 0.717) is 4.90 Å². The number of phenolic OH excluding ortho intramolecular Hbond substituents is 1. The van der Waals surface area contributed by atoms with Crippen molar-refractivity contribution in [3.05, 3.63) is 90.0 Å². The van der Waals surface area contributed by atoms with Gasteiger partial charge in [-0.3, -0.25) is 0 Å². The topological polar surface area (TPSA) is 54.4 Å². The molecule has 0 fully saturated rings. The summed E-state index contributed by atoms with van der Waals surface area (Å²) in [5, 5.41) is 9.46. The Morgan fingerprint density at radius 1 is 0.680 bits per heavy atom. The first-order valence-corrected chi connectivity index (χ1v) is 9.50. The van der Waals surface area contributed by atoms with Crippen LogP contribution >= 0.6 is 0 Å². The van der Waals surface area contributed by atoms with Gasteiger partial charge in [0.05, 0.1) is 9.79 Å². The molecule has 3 aromatic rings. The van der Waals surface area contributed by atoms with Crippen LogP contribution in [0.25, 0.3) is 0 Å². The molecule has 0 amide bonds. The van der Waals surface area contributed by atoms with E-state index in [2.05, 4.69) is 13.8 Å². The van der Waals surface area contributed by atoms with Gasteiger partial charge >= 0.3 is 0 Å². The largest absolute Gasteiger partial charge is 0.508 e. The third-order valence-corrected chi connectivity index (χ3v) is 6.31. The molecule has 0 spiro atoms. The highest BCUT2D eigenvalue weighted by Gasteiger charge is 2.24. The highest BCUT2D eigenvalue weighted by atomic mass is 32.2. The SMILES string of the molecule is CC(C)(c1ccc(O)cc1)c1ccc(S(=O)(=O)c2ccccc2)cc1. The van der Waals surface area contributed by atoms with E-state index in [-0.39, 0.29) is 16.1 Å². The summed E-state index contributed by atoms with van der Waals surface area (Å²) in [6, 6.07) is 22.5. The summed E-state index contributed by atoms with van der Waals surface area (Å²) in [6.45, 7) is 4.14. The zero-order valence-electron chi connectivity index (χ0n) is 14.2. The van der Waals surface area contributed by atoms with E-state index in [0.717, 1.165) is 11.1 Å². The number of hydrogen-bond acceptors (Lipinski definition) is 3. The second kappa shape index (κ2) is 6.37. The summed E-state index contributed by atoms with van der Waals surface area (Å²) < 4.78 is 25.3. The lowest BCUT2D eigenvalue weighted by Crippen LogP contribution is -2.18. The molecule has 0 saturated carbocycles. The van der Waals surface area contributed by atoms with E-state index in [4.69, 9.17) is 0 Å². The molecule has 0 aliphatic heterocycles. The Kier molecular flexibility index (Phi) is 4.39. The summed E-state index contributed by atoms with van der Waals surface area (Å²) in [5.41, 5.74) is 1.75. The van der Waals surface area contributed by atoms with Crippen LogP contribution in [0.1, 0.15) is 25.0 Å². The highest BCUT2D eigenvalue weighted by Crippen LogP contribution is 2.33. The molecule has 3 aromatic carbocycles. The van der Waals surface area contributed by atoms with Crippen LogP contribution in [0.3, 0.4) is 0 Å². The molecular formula is C21H20O3S. The molecule has 3 rings (SSSR count). The molecular weight excluding hydrogens is 332 g/mol. The second-order valence-electron chi connectivity index (χ2n) is 6.51. The van der Waals surface area contributed by atoms with Gasteiger partial charge < -0.3 is 5.11 Å². The van der Waals surface area contributed by atoms with E-state index in [1.54, 1.807) is 54.6 Å². The summed E-state index contributed by atoms with van der Waals surface area (Å²) in [7, 11) is -3.50. The van der Waals surface area contributed by atoms with E-state index in [1.165, 1.54) is 0 Å².